The fraction of sp³-hybridized carbons (Fsp3) is 0.583. The summed E-state index contributed by atoms with van der Waals surface area (Å²) in [6, 6.07) is 3.94. The number of methoxy groups -OCH3 is 1. The van der Waals surface area contributed by atoms with Crippen LogP contribution in [0.5, 0.6) is 0 Å². The second-order valence-electron chi connectivity index (χ2n) is 4.16. The Bertz CT molecular complexity index is 343. The zero-order valence-electron chi connectivity index (χ0n) is 10.8. The summed E-state index contributed by atoms with van der Waals surface area (Å²) >= 11 is 1.62. The van der Waals surface area contributed by atoms with Crippen molar-refractivity contribution in [3.8, 4) is 0 Å². The normalized spacial score (nSPS) is 12.7. The third kappa shape index (κ3) is 6.11. The highest BCUT2D eigenvalue weighted by Crippen LogP contribution is 2.07. The average molecular weight is 272 g/mol. The summed E-state index contributed by atoms with van der Waals surface area (Å²) in [6.07, 6.45) is -0.565. The highest BCUT2D eigenvalue weighted by molar-refractivity contribution is 7.09. The van der Waals surface area contributed by atoms with E-state index in [9.17, 15) is 9.90 Å². The van der Waals surface area contributed by atoms with Crippen LogP contribution in [0.1, 0.15) is 4.88 Å². The van der Waals surface area contributed by atoms with Crippen LogP contribution in [0.15, 0.2) is 17.5 Å². The van der Waals surface area contributed by atoms with Crippen molar-refractivity contribution in [1.29, 1.82) is 0 Å². The van der Waals surface area contributed by atoms with Gasteiger partial charge in [0.25, 0.3) is 0 Å². The Balaban J connectivity index is 2.18. The highest BCUT2D eigenvalue weighted by atomic mass is 32.1. The van der Waals surface area contributed by atoms with Crippen molar-refractivity contribution < 1.29 is 14.6 Å². The second-order valence-corrected chi connectivity index (χ2v) is 5.19. The van der Waals surface area contributed by atoms with Crippen molar-refractivity contribution in [3.63, 3.8) is 0 Å². The van der Waals surface area contributed by atoms with Crippen molar-refractivity contribution >= 4 is 17.2 Å². The van der Waals surface area contributed by atoms with Crippen LogP contribution in [0.3, 0.4) is 0 Å². The van der Waals surface area contributed by atoms with Crippen LogP contribution < -0.4 is 5.32 Å². The van der Waals surface area contributed by atoms with E-state index in [2.05, 4.69) is 5.32 Å². The number of rotatable bonds is 8. The molecule has 1 amide bonds. The van der Waals surface area contributed by atoms with E-state index in [1.165, 1.54) is 7.11 Å². The number of likely N-dealkylation sites (N-methyl/N-ethyl adjacent to an activating group) is 1. The summed E-state index contributed by atoms with van der Waals surface area (Å²) < 4.78 is 4.83. The molecule has 1 aromatic heterocycles. The van der Waals surface area contributed by atoms with Gasteiger partial charge in [-0.25, -0.2) is 0 Å². The molecule has 6 heteroatoms. The number of carbonyl (C=O) groups is 1. The lowest BCUT2D eigenvalue weighted by Crippen LogP contribution is -2.39. The van der Waals surface area contributed by atoms with Gasteiger partial charge in [0, 0.05) is 18.5 Å². The monoisotopic (exact) mass is 272 g/mol. The van der Waals surface area contributed by atoms with E-state index in [4.69, 9.17) is 4.74 Å². The Kier molecular flexibility index (Phi) is 6.89. The lowest BCUT2D eigenvalue weighted by Gasteiger charge is -2.19. The maximum absolute atomic E-state index is 11.6. The topological polar surface area (TPSA) is 61.8 Å². The van der Waals surface area contributed by atoms with E-state index >= 15 is 0 Å². The molecule has 1 unspecified atom stereocenters. The van der Waals surface area contributed by atoms with E-state index in [1.54, 1.807) is 23.3 Å². The molecule has 0 fully saturated rings. The Morgan fingerprint density at radius 1 is 1.67 bits per heavy atom. The average Bonchev–Trinajstić information content (AvgIpc) is 2.79. The SMILES string of the molecule is COCC(O)CN(C)CC(=O)NCc1cccs1. The first-order valence-electron chi connectivity index (χ1n) is 5.76. The molecule has 1 heterocycles. The summed E-state index contributed by atoms with van der Waals surface area (Å²) in [5, 5.41) is 14.3. The van der Waals surface area contributed by atoms with E-state index < -0.39 is 6.10 Å². The minimum Gasteiger partial charge on any atom is -0.389 e. The van der Waals surface area contributed by atoms with Gasteiger partial charge in [-0.3, -0.25) is 9.69 Å². The molecule has 1 rings (SSSR count). The summed E-state index contributed by atoms with van der Waals surface area (Å²) in [6.45, 7) is 1.53. The number of hydrogen-bond acceptors (Lipinski definition) is 5. The van der Waals surface area contributed by atoms with Gasteiger partial charge in [-0.05, 0) is 18.5 Å². The van der Waals surface area contributed by atoms with Gasteiger partial charge in [-0.15, -0.1) is 11.3 Å². The lowest BCUT2D eigenvalue weighted by atomic mass is 10.3. The third-order valence-electron chi connectivity index (χ3n) is 2.33. The van der Waals surface area contributed by atoms with E-state index in [0.717, 1.165) is 4.88 Å². The fourth-order valence-electron chi connectivity index (χ4n) is 1.57. The minimum absolute atomic E-state index is 0.0458. The van der Waals surface area contributed by atoms with Crippen molar-refractivity contribution in [1.82, 2.24) is 10.2 Å². The van der Waals surface area contributed by atoms with Crippen LogP contribution >= 0.6 is 11.3 Å². The largest absolute Gasteiger partial charge is 0.389 e. The molecule has 18 heavy (non-hydrogen) atoms. The standard InChI is InChI=1S/C12H20N2O3S/c1-14(7-10(15)9-17-2)8-12(16)13-6-11-4-3-5-18-11/h3-5,10,15H,6-9H2,1-2H3,(H,13,16). The molecule has 2 N–H and O–H groups in total. The van der Waals surface area contributed by atoms with Crippen molar-refractivity contribution in [2.45, 2.75) is 12.6 Å². The van der Waals surface area contributed by atoms with Gasteiger partial charge in [0.15, 0.2) is 0 Å². The van der Waals surface area contributed by atoms with Crippen molar-refractivity contribution in [2.24, 2.45) is 0 Å². The van der Waals surface area contributed by atoms with Gasteiger partial charge < -0.3 is 15.2 Å². The Morgan fingerprint density at radius 3 is 3.06 bits per heavy atom. The van der Waals surface area contributed by atoms with Gasteiger partial charge in [0.05, 0.1) is 25.8 Å². The molecule has 0 radical (unpaired) electrons. The molecule has 1 atom stereocenters. The van der Waals surface area contributed by atoms with Gasteiger partial charge in [-0.2, -0.15) is 0 Å². The van der Waals surface area contributed by atoms with Gasteiger partial charge in [0.2, 0.25) is 5.91 Å². The summed E-state index contributed by atoms with van der Waals surface area (Å²) in [5.41, 5.74) is 0. The number of amides is 1. The first kappa shape index (κ1) is 15.1. The van der Waals surface area contributed by atoms with Crippen LogP contribution in [0.25, 0.3) is 0 Å². The number of hydrogen-bond donors (Lipinski definition) is 2. The number of ether oxygens (including phenoxy) is 1. The molecule has 0 aromatic carbocycles. The first-order valence-corrected chi connectivity index (χ1v) is 6.64. The molecule has 0 spiro atoms. The predicted octanol–water partition coefficient (Wildman–Crippen LogP) is 0.303. The molecule has 0 aliphatic heterocycles. The van der Waals surface area contributed by atoms with Crippen LogP contribution in [-0.2, 0) is 16.1 Å². The zero-order chi connectivity index (χ0) is 13.4. The molecule has 102 valence electrons. The predicted molar refractivity (Wildman–Crippen MR) is 71.5 cm³/mol. The smallest absolute Gasteiger partial charge is 0.234 e. The maximum atomic E-state index is 11.6. The fourth-order valence-corrected chi connectivity index (χ4v) is 2.21. The van der Waals surface area contributed by atoms with Crippen LogP contribution in [-0.4, -0.2) is 55.9 Å². The summed E-state index contributed by atoms with van der Waals surface area (Å²) in [7, 11) is 3.33. The van der Waals surface area contributed by atoms with E-state index in [0.29, 0.717) is 13.1 Å². The van der Waals surface area contributed by atoms with Gasteiger partial charge >= 0.3 is 0 Å². The number of thiophene rings is 1. The molecule has 5 nitrogen and oxygen atoms in total. The maximum Gasteiger partial charge on any atom is 0.234 e. The number of nitrogens with zero attached hydrogens (tertiary/aromatic N) is 1. The summed E-state index contributed by atoms with van der Waals surface area (Å²) in [5.74, 6) is -0.0458. The molecule has 0 aliphatic carbocycles. The molecule has 0 bridgehead atoms. The van der Waals surface area contributed by atoms with E-state index in [-0.39, 0.29) is 19.1 Å². The lowest BCUT2D eigenvalue weighted by molar-refractivity contribution is -0.122. The number of carbonyl (C=O) groups excluding carboxylic acids is 1. The van der Waals surface area contributed by atoms with Crippen LogP contribution in [0.2, 0.25) is 0 Å². The minimum atomic E-state index is -0.565. The molecular weight excluding hydrogens is 252 g/mol. The number of aliphatic hydroxyl groups excluding tert-OH is 1. The van der Waals surface area contributed by atoms with Gasteiger partial charge in [0.1, 0.15) is 0 Å². The third-order valence-corrected chi connectivity index (χ3v) is 3.21. The summed E-state index contributed by atoms with van der Waals surface area (Å²) in [4.78, 5) is 14.5. The quantitative estimate of drug-likeness (QED) is 0.715. The molecule has 0 aliphatic rings. The molecular formula is C12H20N2O3S. The Morgan fingerprint density at radius 2 is 2.44 bits per heavy atom. The van der Waals surface area contributed by atoms with Crippen LogP contribution in [0.4, 0.5) is 0 Å². The Hall–Kier alpha value is -0.950. The second kappa shape index (κ2) is 8.20. The van der Waals surface area contributed by atoms with E-state index in [1.807, 2.05) is 17.5 Å². The highest BCUT2D eigenvalue weighted by Gasteiger charge is 2.11. The zero-order valence-corrected chi connectivity index (χ0v) is 11.6. The molecule has 1 aromatic rings. The van der Waals surface area contributed by atoms with Crippen molar-refractivity contribution in [2.75, 3.05) is 33.9 Å². The van der Waals surface area contributed by atoms with Crippen LogP contribution in [0, 0.1) is 0 Å². The molecule has 0 saturated heterocycles. The first-order chi connectivity index (χ1) is 8.61. The van der Waals surface area contributed by atoms with Gasteiger partial charge in [-0.1, -0.05) is 6.07 Å². The Labute approximate surface area is 111 Å². The molecule has 0 saturated carbocycles. The number of nitrogens with one attached hydrogen (secondary N) is 1. The number of aliphatic hydroxyl groups is 1. The van der Waals surface area contributed by atoms with Crippen molar-refractivity contribution in [3.05, 3.63) is 22.4 Å².